The van der Waals surface area contributed by atoms with E-state index in [1.165, 1.54) is 4.90 Å². The van der Waals surface area contributed by atoms with Crippen molar-refractivity contribution in [2.75, 3.05) is 20.4 Å². The Balaban J connectivity index is 2.05. The van der Waals surface area contributed by atoms with Gasteiger partial charge >= 0.3 is 6.03 Å². The molecule has 1 aromatic rings. The van der Waals surface area contributed by atoms with Gasteiger partial charge in [-0.15, -0.1) is 6.58 Å². The molecule has 2 heterocycles. The van der Waals surface area contributed by atoms with Crippen molar-refractivity contribution in [3.8, 4) is 17.2 Å². The number of hydrogen-bond acceptors (Lipinski definition) is 5. The zero-order valence-corrected chi connectivity index (χ0v) is 11.5. The van der Waals surface area contributed by atoms with E-state index in [9.17, 15) is 4.79 Å². The van der Waals surface area contributed by atoms with E-state index in [0.717, 1.165) is 5.56 Å². The lowest BCUT2D eigenvalue weighted by molar-refractivity contribution is 0.171. The molecule has 0 aromatic heterocycles. The molecule has 0 aliphatic carbocycles. The quantitative estimate of drug-likeness (QED) is 0.848. The van der Waals surface area contributed by atoms with Gasteiger partial charge in [0.2, 0.25) is 12.5 Å². The van der Waals surface area contributed by atoms with Gasteiger partial charge in [0.25, 0.3) is 0 Å². The van der Waals surface area contributed by atoms with Crippen LogP contribution in [-0.2, 0) is 0 Å². The van der Waals surface area contributed by atoms with Crippen LogP contribution in [0.2, 0.25) is 0 Å². The maximum absolute atomic E-state index is 11.9. The maximum atomic E-state index is 11.9. The van der Waals surface area contributed by atoms with Crippen molar-refractivity contribution < 1.29 is 19.0 Å². The van der Waals surface area contributed by atoms with Crippen LogP contribution < -0.4 is 19.9 Å². The summed E-state index contributed by atoms with van der Waals surface area (Å²) in [6.45, 7) is 4.14. The SMILES string of the molecule is C=CCN1C(=O)N=C(N)C1c1cc(OC)c2c(c1)OCO2. The van der Waals surface area contributed by atoms with E-state index in [-0.39, 0.29) is 18.7 Å². The number of nitrogens with zero attached hydrogens (tertiary/aromatic N) is 2. The van der Waals surface area contributed by atoms with Crippen LogP contribution in [-0.4, -0.2) is 37.2 Å². The molecule has 0 radical (unpaired) electrons. The van der Waals surface area contributed by atoms with Crippen molar-refractivity contribution in [3.63, 3.8) is 0 Å². The highest BCUT2D eigenvalue weighted by Crippen LogP contribution is 2.44. The summed E-state index contributed by atoms with van der Waals surface area (Å²) in [6, 6.07) is 2.72. The molecule has 3 rings (SSSR count). The Bertz CT molecular complexity index is 641. The van der Waals surface area contributed by atoms with Crippen LogP contribution in [0.4, 0.5) is 4.79 Å². The van der Waals surface area contributed by atoms with E-state index < -0.39 is 6.04 Å². The molecule has 0 bridgehead atoms. The molecule has 21 heavy (non-hydrogen) atoms. The third-order valence-corrected chi connectivity index (χ3v) is 3.38. The molecule has 0 fully saturated rings. The van der Waals surface area contributed by atoms with Crippen LogP contribution in [0, 0.1) is 0 Å². The topological polar surface area (TPSA) is 86.4 Å². The normalized spacial score (nSPS) is 19.7. The summed E-state index contributed by atoms with van der Waals surface area (Å²) >= 11 is 0. The number of rotatable bonds is 4. The molecule has 7 nitrogen and oxygen atoms in total. The molecule has 0 spiro atoms. The van der Waals surface area contributed by atoms with Crippen LogP contribution in [0.1, 0.15) is 11.6 Å². The van der Waals surface area contributed by atoms with Gasteiger partial charge in [-0.2, -0.15) is 4.99 Å². The van der Waals surface area contributed by atoms with E-state index in [0.29, 0.717) is 23.8 Å². The molecule has 7 heteroatoms. The van der Waals surface area contributed by atoms with E-state index in [1.807, 2.05) is 0 Å². The monoisotopic (exact) mass is 289 g/mol. The standard InChI is InChI=1S/C14H15N3O4/c1-3-4-17-11(13(15)16-14(17)18)8-5-9(19-2)12-10(6-8)20-7-21-12/h3,5-6,11H,1,4,7H2,2H3,(H2,15,16,18). The molecule has 1 unspecified atom stereocenters. The predicted octanol–water partition coefficient (Wildman–Crippen LogP) is 1.44. The minimum Gasteiger partial charge on any atom is -0.493 e. The average molecular weight is 289 g/mol. The third-order valence-electron chi connectivity index (χ3n) is 3.38. The summed E-state index contributed by atoms with van der Waals surface area (Å²) in [5.74, 6) is 1.89. The van der Waals surface area contributed by atoms with Crippen molar-refractivity contribution >= 4 is 11.9 Å². The first-order valence-electron chi connectivity index (χ1n) is 6.38. The number of carbonyl (C=O) groups excluding carboxylic acids is 1. The van der Waals surface area contributed by atoms with Crippen LogP contribution in [0.25, 0.3) is 0 Å². The van der Waals surface area contributed by atoms with Crippen molar-refractivity contribution in [2.24, 2.45) is 10.7 Å². The van der Waals surface area contributed by atoms with Crippen molar-refractivity contribution in [3.05, 3.63) is 30.4 Å². The molecule has 2 N–H and O–H groups in total. The smallest absolute Gasteiger partial charge is 0.346 e. The number of methoxy groups -OCH3 is 1. The van der Waals surface area contributed by atoms with Crippen molar-refractivity contribution in [2.45, 2.75) is 6.04 Å². The third kappa shape index (κ3) is 2.06. The minimum absolute atomic E-state index is 0.138. The predicted molar refractivity (Wildman–Crippen MR) is 75.8 cm³/mol. The number of amidine groups is 1. The summed E-state index contributed by atoms with van der Waals surface area (Å²) in [4.78, 5) is 17.2. The molecule has 1 atom stereocenters. The van der Waals surface area contributed by atoms with E-state index in [1.54, 1.807) is 25.3 Å². The van der Waals surface area contributed by atoms with Crippen molar-refractivity contribution in [1.82, 2.24) is 4.90 Å². The molecule has 110 valence electrons. The second-order valence-electron chi connectivity index (χ2n) is 4.62. The Morgan fingerprint density at radius 2 is 2.38 bits per heavy atom. The lowest BCUT2D eigenvalue weighted by Crippen LogP contribution is -2.33. The van der Waals surface area contributed by atoms with Crippen LogP contribution >= 0.6 is 0 Å². The molecule has 0 saturated carbocycles. The minimum atomic E-state index is -0.459. The van der Waals surface area contributed by atoms with E-state index in [4.69, 9.17) is 19.9 Å². The van der Waals surface area contributed by atoms with Gasteiger partial charge in [0.1, 0.15) is 11.9 Å². The first kappa shape index (κ1) is 13.3. The zero-order chi connectivity index (χ0) is 15.0. The second-order valence-corrected chi connectivity index (χ2v) is 4.62. The highest BCUT2D eigenvalue weighted by molar-refractivity contribution is 6.03. The number of nitrogens with two attached hydrogens (primary N) is 1. The summed E-state index contributed by atoms with van der Waals surface area (Å²) in [5.41, 5.74) is 6.65. The van der Waals surface area contributed by atoms with Crippen LogP contribution in [0.15, 0.2) is 29.8 Å². The van der Waals surface area contributed by atoms with Gasteiger partial charge in [0.05, 0.1) is 7.11 Å². The molecule has 2 aliphatic rings. The first-order valence-corrected chi connectivity index (χ1v) is 6.38. The molecular formula is C14H15N3O4. The Labute approximate surface area is 121 Å². The fourth-order valence-electron chi connectivity index (χ4n) is 2.49. The number of hydrogen-bond donors (Lipinski definition) is 1. The van der Waals surface area contributed by atoms with Gasteiger partial charge < -0.3 is 24.8 Å². The lowest BCUT2D eigenvalue weighted by atomic mass is 10.0. The summed E-state index contributed by atoms with van der Waals surface area (Å²) in [7, 11) is 1.54. The first-order chi connectivity index (χ1) is 10.2. The Morgan fingerprint density at radius 3 is 3.10 bits per heavy atom. The Hall–Kier alpha value is -2.70. The Kier molecular flexibility index (Phi) is 3.17. The van der Waals surface area contributed by atoms with Gasteiger partial charge in [-0.1, -0.05) is 6.08 Å². The number of urea groups is 1. The maximum Gasteiger partial charge on any atom is 0.346 e. The fourth-order valence-corrected chi connectivity index (χ4v) is 2.49. The zero-order valence-electron chi connectivity index (χ0n) is 11.5. The van der Waals surface area contributed by atoms with Gasteiger partial charge in [0.15, 0.2) is 11.5 Å². The summed E-state index contributed by atoms with van der Waals surface area (Å²) in [5, 5.41) is 0. The summed E-state index contributed by atoms with van der Waals surface area (Å²) < 4.78 is 16.1. The van der Waals surface area contributed by atoms with E-state index in [2.05, 4.69) is 11.6 Å². The van der Waals surface area contributed by atoms with Gasteiger partial charge in [0, 0.05) is 6.54 Å². The molecular weight excluding hydrogens is 274 g/mol. The number of ether oxygens (including phenoxy) is 3. The number of fused-ring (bicyclic) bond motifs is 1. The number of benzene rings is 1. The second kappa shape index (κ2) is 5.01. The number of aliphatic imine (C=N–C) groups is 1. The molecule has 2 amide bonds. The van der Waals surface area contributed by atoms with Crippen LogP contribution in [0.5, 0.6) is 17.2 Å². The molecule has 0 saturated heterocycles. The number of amides is 2. The largest absolute Gasteiger partial charge is 0.493 e. The average Bonchev–Trinajstić information content (AvgIpc) is 3.03. The lowest BCUT2D eigenvalue weighted by Gasteiger charge is -2.23. The van der Waals surface area contributed by atoms with Crippen LogP contribution in [0.3, 0.4) is 0 Å². The van der Waals surface area contributed by atoms with Crippen molar-refractivity contribution in [1.29, 1.82) is 0 Å². The summed E-state index contributed by atoms with van der Waals surface area (Å²) in [6.07, 6.45) is 1.63. The number of carbonyl (C=O) groups is 1. The highest BCUT2D eigenvalue weighted by Gasteiger charge is 2.35. The van der Waals surface area contributed by atoms with Gasteiger partial charge in [-0.05, 0) is 17.7 Å². The fraction of sp³-hybridized carbons (Fsp3) is 0.286. The van der Waals surface area contributed by atoms with Gasteiger partial charge in [-0.3, -0.25) is 0 Å². The van der Waals surface area contributed by atoms with E-state index >= 15 is 0 Å². The molecule has 1 aromatic carbocycles. The van der Waals surface area contributed by atoms with Gasteiger partial charge in [-0.25, -0.2) is 4.79 Å². The molecule has 2 aliphatic heterocycles. The highest BCUT2D eigenvalue weighted by atomic mass is 16.7. The Morgan fingerprint density at radius 1 is 1.57 bits per heavy atom.